The molecular weight excluding hydrogens is 532 g/mol. The van der Waals surface area contributed by atoms with Crippen LogP contribution in [0.2, 0.25) is 0 Å². The molecule has 0 saturated heterocycles. The van der Waals surface area contributed by atoms with Gasteiger partial charge in [0.2, 0.25) is 0 Å². The van der Waals surface area contributed by atoms with Crippen LogP contribution in [0.5, 0.6) is 0 Å². The topological polar surface area (TPSA) is 52.6 Å². The van der Waals surface area contributed by atoms with Gasteiger partial charge in [-0.15, -0.1) is 0 Å². The highest BCUT2D eigenvalue weighted by Gasteiger charge is 2.59. The Balaban J connectivity index is 1.87. The molecule has 0 aliphatic heterocycles. The molecule has 1 aliphatic carbocycles. The zero-order valence-corrected chi connectivity index (χ0v) is 29.5. The third kappa shape index (κ3) is 23.0. The van der Waals surface area contributed by atoms with Gasteiger partial charge in [-0.1, -0.05) is 182 Å². The van der Waals surface area contributed by atoms with Crippen molar-refractivity contribution in [3.05, 3.63) is 0 Å². The normalized spacial score (nSPS) is 14.0. The number of unbranched alkanes of at least 4 members (excludes halogenated alkanes) is 22. The summed E-state index contributed by atoms with van der Waals surface area (Å²) in [6.45, 7) is 10.1. The summed E-state index contributed by atoms with van der Waals surface area (Å²) in [5.74, 6) is 1.00. The van der Waals surface area contributed by atoms with Gasteiger partial charge in [0.15, 0.2) is 5.41 Å². The molecule has 0 heterocycles. The maximum absolute atomic E-state index is 12.6. The molecular formula is C39H74O4. The van der Waals surface area contributed by atoms with Crippen molar-refractivity contribution < 1.29 is 19.1 Å². The summed E-state index contributed by atoms with van der Waals surface area (Å²) in [7, 11) is 0. The Morgan fingerprint density at radius 3 is 0.884 bits per heavy atom. The van der Waals surface area contributed by atoms with Crippen LogP contribution in [0.15, 0.2) is 0 Å². The first kappa shape index (κ1) is 40.0. The van der Waals surface area contributed by atoms with E-state index in [0.717, 1.165) is 37.5 Å². The lowest BCUT2D eigenvalue weighted by Gasteiger charge is -2.14. The second kappa shape index (κ2) is 27.3. The van der Waals surface area contributed by atoms with Crippen molar-refractivity contribution in [3.63, 3.8) is 0 Å². The van der Waals surface area contributed by atoms with Crippen LogP contribution in [0, 0.1) is 17.3 Å². The third-order valence-corrected chi connectivity index (χ3v) is 9.35. The highest BCUT2D eigenvalue weighted by molar-refractivity contribution is 6.03. The molecule has 0 N–H and O–H groups in total. The zero-order valence-electron chi connectivity index (χ0n) is 29.5. The monoisotopic (exact) mass is 607 g/mol. The molecule has 0 aromatic carbocycles. The molecule has 1 fully saturated rings. The van der Waals surface area contributed by atoms with Crippen molar-refractivity contribution in [1.29, 1.82) is 0 Å². The van der Waals surface area contributed by atoms with E-state index in [1.54, 1.807) is 0 Å². The van der Waals surface area contributed by atoms with Crippen LogP contribution >= 0.6 is 0 Å². The van der Waals surface area contributed by atoms with E-state index < -0.39 is 5.41 Å². The molecule has 0 aromatic heterocycles. The molecule has 0 spiro atoms. The SMILES string of the molecule is CC(C)CCCCCCCCCCCCCCOC(=O)C1(C(=O)OCCCCCCCCCCCCCCC(C)C)CC1. The standard InChI is InChI=1S/C39H74O4/c1-35(2)29-25-21-17-13-9-5-7-11-15-19-23-27-33-42-37(40)39(31-32-39)38(41)43-34-28-24-20-16-12-8-6-10-14-18-22-26-30-36(3)4/h35-36H,5-34H2,1-4H3. The Morgan fingerprint density at radius 1 is 0.419 bits per heavy atom. The fourth-order valence-corrected chi connectivity index (χ4v) is 6.07. The fraction of sp³-hybridized carbons (Fsp3) is 0.949. The Labute approximate surface area is 268 Å². The van der Waals surface area contributed by atoms with Gasteiger partial charge in [-0.2, -0.15) is 0 Å². The van der Waals surface area contributed by atoms with Crippen LogP contribution < -0.4 is 0 Å². The maximum atomic E-state index is 12.6. The smallest absolute Gasteiger partial charge is 0.323 e. The van der Waals surface area contributed by atoms with Crippen molar-refractivity contribution >= 4 is 11.9 Å². The Kier molecular flexibility index (Phi) is 25.3. The van der Waals surface area contributed by atoms with Gasteiger partial charge in [-0.25, -0.2) is 0 Å². The molecule has 1 saturated carbocycles. The minimum atomic E-state index is -0.983. The second-order valence-corrected chi connectivity index (χ2v) is 14.7. The molecule has 0 radical (unpaired) electrons. The quantitative estimate of drug-likeness (QED) is 0.0434. The number of carbonyl (C=O) groups is 2. The third-order valence-electron chi connectivity index (χ3n) is 9.35. The molecule has 0 aromatic rings. The largest absolute Gasteiger partial charge is 0.465 e. The summed E-state index contributed by atoms with van der Waals surface area (Å²) >= 11 is 0. The first-order valence-corrected chi connectivity index (χ1v) is 19.2. The fourth-order valence-electron chi connectivity index (χ4n) is 6.07. The van der Waals surface area contributed by atoms with Crippen molar-refractivity contribution in [2.45, 2.75) is 207 Å². The predicted molar refractivity (Wildman–Crippen MR) is 183 cm³/mol. The Bertz CT molecular complexity index is 600. The van der Waals surface area contributed by atoms with E-state index in [1.165, 1.54) is 141 Å². The summed E-state index contributed by atoms with van der Waals surface area (Å²) < 4.78 is 11.0. The van der Waals surface area contributed by atoms with Gasteiger partial charge in [0.1, 0.15) is 0 Å². The van der Waals surface area contributed by atoms with Gasteiger partial charge in [-0.05, 0) is 37.5 Å². The molecule has 1 rings (SSSR count). The number of esters is 2. The zero-order chi connectivity index (χ0) is 31.4. The van der Waals surface area contributed by atoms with Crippen molar-refractivity contribution in [1.82, 2.24) is 0 Å². The summed E-state index contributed by atoms with van der Waals surface area (Å²) in [5, 5.41) is 0. The molecule has 43 heavy (non-hydrogen) atoms. The minimum Gasteiger partial charge on any atom is -0.465 e. The molecule has 254 valence electrons. The molecule has 0 amide bonds. The van der Waals surface area contributed by atoms with Crippen molar-refractivity contribution in [2.75, 3.05) is 13.2 Å². The average molecular weight is 607 g/mol. The van der Waals surface area contributed by atoms with E-state index in [-0.39, 0.29) is 11.9 Å². The minimum absolute atomic E-state index is 0.350. The Hall–Kier alpha value is -1.06. The number of hydrogen-bond donors (Lipinski definition) is 0. The summed E-state index contributed by atoms with van der Waals surface area (Å²) in [4.78, 5) is 25.1. The lowest BCUT2D eigenvalue weighted by Crippen LogP contribution is -2.30. The molecule has 4 nitrogen and oxygen atoms in total. The second-order valence-electron chi connectivity index (χ2n) is 14.7. The van der Waals surface area contributed by atoms with Crippen LogP contribution in [0.3, 0.4) is 0 Å². The van der Waals surface area contributed by atoms with E-state index >= 15 is 0 Å². The Morgan fingerprint density at radius 2 is 0.651 bits per heavy atom. The lowest BCUT2D eigenvalue weighted by molar-refractivity contribution is -0.164. The van der Waals surface area contributed by atoms with Gasteiger partial charge >= 0.3 is 11.9 Å². The number of carbonyl (C=O) groups excluding carboxylic acids is 2. The van der Waals surface area contributed by atoms with Gasteiger partial charge in [0.05, 0.1) is 13.2 Å². The maximum Gasteiger partial charge on any atom is 0.323 e. The van der Waals surface area contributed by atoms with Crippen LogP contribution in [0.1, 0.15) is 207 Å². The van der Waals surface area contributed by atoms with E-state index in [4.69, 9.17) is 9.47 Å². The molecule has 4 heteroatoms. The van der Waals surface area contributed by atoms with E-state index in [0.29, 0.717) is 26.1 Å². The van der Waals surface area contributed by atoms with Crippen molar-refractivity contribution in [2.24, 2.45) is 17.3 Å². The predicted octanol–water partition coefficient (Wildman–Crippen LogP) is 12.3. The van der Waals surface area contributed by atoms with Crippen molar-refractivity contribution in [3.8, 4) is 0 Å². The highest BCUT2D eigenvalue weighted by atomic mass is 16.6. The van der Waals surface area contributed by atoms with Gasteiger partial charge < -0.3 is 9.47 Å². The van der Waals surface area contributed by atoms with Gasteiger partial charge in [0.25, 0.3) is 0 Å². The summed E-state index contributed by atoms with van der Waals surface area (Å²) in [6, 6.07) is 0. The highest BCUT2D eigenvalue weighted by Crippen LogP contribution is 2.48. The number of ether oxygens (including phenoxy) is 2. The van der Waals surface area contributed by atoms with Gasteiger partial charge in [-0.3, -0.25) is 9.59 Å². The van der Waals surface area contributed by atoms with Gasteiger partial charge in [0, 0.05) is 0 Å². The summed E-state index contributed by atoms with van der Waals surface area (Å²) in [6.07, 6.45) is 35.0. The van der Waals surface area contributed by atoms with Crippen LogP contribution in [0.4, 0.5) is 0 Å². The van der Waals surface area contributed by atoms with Crippen LogP contribution in [-0.4, -0.2) is 25.2 Å². The first-order chi connectivity index (χ1) is 20.9. The molecule has 0 atom stereocenters. The van der Waals surface area contributed by atoms with E-state index in [2.05, 4.69) is 27.7 Å². The average Bonchev–Trinajstić information content (AvgIpc) is 3.79. The first-order valence-electron chi connectivity index (χ1n) is 19.2. The molecule has 1 aliphatic rings. The molecule has 0 unspecified atom stereocenters. The molecule has 0 bridgehead atoms. The van der Waals surface area contributed by atoms with E-state index in [9.17, 15) is 9.59 Å². The van der Waals surface area contributed by atoms with E-state index in [1.807, 2.05) is 0 Å². The lowest BCUT2D eigenvalue weighted by atomic mass is 10.0. The van der Waals surface area contributed by atoms with Crippen LogP contribution in [-0.2, 0) is 19.1 Å². The number of rotatable bonds is 32. The number of hydrogen-bond acceptors (Lipinski definition) is 4. The van der Waals surface area contributed by atoms with Crippen LogP contribution in [0.25, 0.3) is 0 Å². The summed E-state index contributed by atoms with van der Waals surface area (Å²) in [5.41, 5.74) is -0.983.